The minimum atomic E-state index is -0.276. The molecule has 0 aliphatic heterocycles. The number of nitrogens with zero attached hydrogens (tertiary/aromatic N) is 2. The fourth-order valence-corrected chi connectivity index (χ4v) is 1.68. The van der Waals surface area contributed by atoms with Gasteiger partial charge in [0.1, 0.15) is 5.69 Å². The van der Waals surface area contributed by atoms with Crippen molar-refractivity contribution in [2.24, 2.45) is 0 Å². The Morgan fingerprint density at radius 2 is 2.05 bits per heavy atom. The van der Waals surface area contributed by atoms with E-state index in [0.29, 0.717) is 16.9 Å². The zero-order valence-electron chi connectivity index (χ0n) is 10.8. The summed E-state index contributed by atoms with van der Waals surface area (Å²) in [6, 6.07) is 12.5. The van der Waals surface area contributed by atoms with E-state index < -0.39 is 0 Å². The largest absolute Gasteiger partial charge is 0.320 e. The van der Waals surface area contributed by atoms with Crippen LogP contribution in [0.3, 0.4) is 0 Å². The van der Waals surface area contributed by atoms with Gasteiger partial charge in [-0.25, -0.2) is 4.98 Å². The molecular formula is C15H13N3O. The number of carbonyl (C=O) groups excluding carboxylic acids is 1. The molecule has 94 valence electrons. The molecule has 0 unspecified atom stereocenters. The van der Waals surface area contributed by atoms with Crippen molar-refractivity contribution in [2.75, 3.05) is 5.32 Å². The van der Waals surface area contributed by atoms with Crippen LogP contribution in [0, 0.1) is 25.2 Å². The van der Waals surface area contributed by atoms with Gasteiger partial charge in [-0.2, -0.15) is 5.26 Å². The van der Waals surface area contributed by atoms with Gasteiger partial charge in [0, 0.05) is 11.4 Å². The zero-order chi connectivity index (χ0) is 13.8. The molecule has 1 heterocycles. The molecular weight excluding hydrogens is 238 g/mol. The van der Waals surface area contributed by atoms with E-state index >= 15 is 0 Å². The minimum Gasteiger partial charge on any atom is -0.320 e. The van der Waals surface area contributed by atoms with Crippen LogP contribution in [0.15, 0.2) is 36.4 Å². The number of nitriles is 1. The summed E-state index contributed by atoms with van der Waals surface area (Å²) in [4.78, 5) is 16.2. The van der Waals surface area contributed by atoms with E-state index in [1.807, 2.05) is 26.0 Å². The van der Waals surface area contributed by atoms with E-state index in [-0.39, 0.29) is 5.91 Å². The Bertz CT molecular complexity index is 671. The molecule has 0 saturated carbocycles. The van der Waals surface area contributed by atoms with Gasteiger partial charge in [-0.05, 0) is 43.7 Å². The average molecular weight is 251 g/mol. The van der Waals surface area contributed by atoms with E-state index in [9.17, 15) is 4.79 Å². The maximum atomic E-state index is 12.1. The summed E-state index contributed by atoms with van der Waals surface area (Å²) < 4.78 is 0. The second kappa shape index (κ2) is 5.32. The molecule has 0 spiro atoms. The number of pyridine rings is 1. The lowest BCUT2D eigenvalue weighted by Crippen LogP contribution is -2.14. The fourth-order valence-electron chi connectivity index (χ4n) is 1.68. The number of anilines is 1. The number of hydrogen-bond donors (Lipinski definition) is 1. The molecule has 4 heteroatoms. The van der Waals surface area contributed by atoms with E-state index in [4.69, 9.17) is 5.26 Å². The van der Waals surface area contributed by atoms with Crippen LogP contribution in [0.25, 0.3) is 0 Å². The quantitative estimate of drug-likeness (QED) is 0.892. The number of hydrogen-bond acceptors (Lipinski definition) is 3. The summed E-state index contributed by atoms with van der Waals surface area (Å²) in [5.74, 6) is -0.276. The van der Waals surface area contributed by atoms with Crippen LogP contribution in [0.4, 0.5) is 5.69 Å². The molecule has 1 aromatic carbocycles. The van der Waals surface area contributed by atoms with Gasteiger partial charge in [-0.15, -0.1) is 0 Å². The molecule has 2 rings (SSSR count). The van der Waals surface area contributed by atoms with Crippen molar-refractivity contribution in [1.82, 2.24) is 4.98 Å². The molecule has 2 aromatic rings. The normalized spacial score (nSPS) is 9.74. The molecule has 0 fully saturated rings. The monoisotopic (exact) mass is 251 g/mol. The smallest absolute Gasteiger partial charge is 0.274 e. The van der Waals surface area contributed by atoms with Crippen molar-refractivity contribution in [3.63, 3.8) is 0 Å². The lowest BCUT2D eigenvalue weighted by molar-refractivity contribution is 0.102. The number of aryl methyl sites for hydroxylation is 2. The second-order valence-electron chi connectivity index (χ2n) is 4.26. The van der Waals surface area contributed by atoms with Crippen LogP contribution in [-0.4, -0.2) is 10.9 Å². The van der Waals surface area contributed by atoms with E-state index in [1.165, 1.54) is 0 Å². The van der Waals surface area contributed by atoms with Crippen molar-refractivity contribution in [3.8, 4) is 6.07 Å². The lowest BCUT2D eigenvalue weighted by atomic mass is 10.1. The molecule has 0 saturated heterocycles. The minimum absolute atomic E-state index is 0.276. The van der Waals surface area contributed by atoms with Crippen LogP contribution in [0.5, 0.6) is 0 Å². The van der Waals surface area contributed by atoms with Crippen LogP contribution in [-0.2, 0) is 0 Å². The Kier molecular flexibility index (Phi) is 3.58. The fraction of sp³-hybridized carbons (Fsp3) is 0.133. The maximum absolute atomic E-state index is 12.1. The number of nitrogens with one attached hydrogen (secondary N) is 1. The van der Waals surface area contributed by atoms with Crippen molar-refractivity contribution in [1.29, 1.82) is 5.26 Å². The van der Waals surface area contributed by atoms with Gasteiger partial charge in [0.2, 0.25) is 0 Å². The Morgan fingerprint density at radius 1 is 1.26 bits per heavy atom. The first-order valence-corrected chi connectivity index (χ1v) is 5.86. The highest BCUT2D eigenvalue weighted by molar-refractivity contribution is 6.03. The molecule has 1 aromatic heterocycles. The Hall–Kier alpha value is -2.67. The third-order valence-corrected chi connectivity index (χ3v) is 2.74. The first-order chi connectivity index (χ1) is 9.10. The summed E-state index contributed by atoms with van der Waals surface area (Å²) in [5.41, 5.74) is 3.20. The first kappa shape index (κ1) is 12.8. The topological polar surface area (TPSA) is 65.8 Å². The van der Waals surface area contributed by atoms with E-state index in [0.717, 1.165) is 11.3 Å². The van der Waals surface area contributed by atoms with Gasteiger partial charge in [0.25, 0.3) is 5.91 Å². The van der Waals surface area contributed by atoms with Crippen molar-refractivity contribution < 1.29 is 4.79 Å². The first-order valence-electron chi connectivity index (χ1n) is 5.86. The van der Waals surface area contributed by atoms with Gasteiger partial charge >= 0.3 is 0 Å². The Balaban J connectivity index is 2.27. The van der Waals surface area contributed by atoms with Crippen molar-refractivity contribution in [2.45, 2.75) is 13.8 Å². The number of aromatic nitrogens is 1. The van der Waals surface area contributed by atoms with Crippen LogP contribution in [0.1, 0.15) is 27.3 Å². The van der Waals surface area contributed by atoms with E-state index in [2.05, 4.69) is 10.3 Å². The number of carbonyl (C=O) groups is 1. The van der Waals surface area contributed by atoms with Gasteiger partial charge in [-0.1, -0.05) is 12.1 Å². The Labute approximate surface area is 111 Å². The van der Waals surface area contributed by atoms with Gasteiger partial charge in [0.15, 0.2) is 0 Å². The second-order valence-corrected chi connectivity index (χ2v) is 4.26. The third kappa shape index (κ3) is 2.96. The van der Waals surface area contributed by atoms with Crippen molar-refractivity contribution >= 4 is 11.6 Å². The lowest BCUT2D eigenvalue weighted by Gasteiger charge is -2.08. The molecule has 0 radical (unpaired) electrons. The summed E-state index contributed by atoms with van der Waals surface area (Å²) in [7, 11) is 0. The van der Waals surface area contributed by atoms with Crippen molar-refractivity contribution in [3.05, 3.63) is 58.9 Å². The highest BCUT2D eigenvalue weighted by Crippen LogP contribution is 2.17. The average Bonchev–Trinajstić information content (AvgIpc) is 2.41. The number of benzene rings is 1. The number of rotatable bonds is 2. The predicted octanol–water partition coefficient (Wildman–Crippen LogP) is 2.82. The summed E-state index contributed by atoms with van der Waals surface area (Å²) in [6.45, 7) is 3.71. The van der Waals surface area contributed by atoms with Gasteiger partial charge in [-0.3, -0.25) is 4.79 Å². The molecule has 4 nitrogen and oxygen atoms in total. The summed E-state index contributed by atoms with van der Waals surface area (Å²) >= 11 is 0. The molecule has 0 aliphatic rings. The summed E-state index contributed by atoms with van der Waals surface area (Å²) in [6.07, 6.45) is 0. The molecule has 1 N–H and O–H groups in total. The van der Waals surface area contributed by atoms with Crippen LogP contribution >= 0.6 is 0 Å². The van der Waals surface area contributed by atoms with Crippen LogP contribution in [0.2, 0.25) is 0 Å². The zero-order valence-corrected chi connectivity index (χ0v) is 10.8. The van der Waals surface area contributed by atoms with Crippen LogP contribution < -0.4 is 5.32 Å². The van der Waals surface area contributed by atoms with Gasteiger partial charge in [0.05, 0.1) is 11.6 Å². The third-order valence-electron chi connectivity index (χ3n) is 2.74. The van der Waals surface area contributed by atoms with Gasteiger partial charge < -0.3 is 5.32 Å². The Morgan fingerprint density at radius 3 is 2.74 bits per heavy atom. The molecule has 19 heavy (non-hydrogen) atoms. The maximum Gasteiger partial charge on any atom is 0.274 e. The standard InChI is InChI=1S/C15H13N3O/c1-10-6-7-12(9-16)8-14(10)18-15(19)13-5-3-4-11(2)17-13/h3-8H,1-2H3,(H,18,19). The molecule has 1 amide bonds. The molecule has 0 bridgehead atoms. The molecule has 0 aliphatic carbocycles. The highest BCUT2D eigenvalue weighted by atomic mass is 16.1. The highest BCUT2D eigenvalue weighted by Gasteiger charge is 2.09. The SMILES string of the molecule is Cc1cccc(C(=O)Nc2cc(C#N)ccc2C)n1. The predicted molar refractivity (Wildman–Crippen MR) is 72.8 cm³/mol. The molecule has 0 atom stereocenters. The number of amides is 1. The summed E-state index contributed by atoms with van der Waals surface area (Å²) in [5, 5.41) is 11.6. The van der Waals surface area contributed by atoms with E-state index in [1.54, 1.807) is 30.3 Å².